The Morgan fingerprint density at radius 3 is 2.87 bits per heavy atom. The van der Waals surface area contributed by atoms with Crippen LogP contribution in [0, 0.1) is 0 Å². The standard InChI is InChI=1S/C10H16BrN3O/c1-7(2)10-8(6-14(3)13-10)12-9(15)4-5-11/h6-7H,4-5H2,1-3H3,(H,12,15). The molecule has 5 heteroatoms. The van der Waals surface area contributed by atoms with E-state index in [9.17, 15) is 4.79 Å². The van der Waals surface area contributed by atoms with E-state index in [1.165, 1.54) is 0 Å². The number of amides is 1. The molecule has 1 amide bonds. The number of nitrogens with zero attached hydrogens (tertiary/aromatic N) is 2. The van der Waals surface area contributed by atoms with E-state index in [1.807, 2.05) is 13.2 Å². The van der Waals surface area contributed by atoms with Gasteiger partial charge in [0.15, 0.2) is 0 Å². The lowest BCUT2D eigenvalue weighted by atomic mass is 10.1. The number of anilines is 1. The molecule has 0 radical (unpaired) electrons. The Balaban J connectivity index is 2.79. The minimum atomic E-state index is 0.0155. The third-order valence-electron chi connectivity index (χ3n) is 2.00. The van der Waals surface area contributed by atoms with E-state index in [0.717, 1.165) is 11.4 Å². The van der Waals surface area contributed by atoms with E-state index in [1.54, 1.807) is 4.68 Å². The zero-order valence-electron chi connectivity index (χ0n) is 9.25. The van der Waals surface area contributed by atoms with Gasteiger partial charge in [0.25, 0.3) is 0 Å². The molecule has 0 aliphatic heterocycles. The van der Waals surface area contributed by atoms with Gasteiger partial charge in [0.05, 0.1) is 11.4 Å². The highest BCUT2D eigenvalue weighted by molar-refractivity contribution is 9.09. The summed E-state index contributed by atoms with van der Waals surface area (Å²) in [4.78, 5) is 11.4. The second kappa shape index (κ2) is 5.30. The summed E-state index contributed by atoms with van der Waals surface area (Å²) in [6.45, 7) is 4.12. The lowest BCUT2D eigenvalue weighted by molar-refractivity contribution is -0.115. The Bertz CT molecular complexity index is 346. The highest BCUT2D eigenvalue weighted by atomic mass is 79.9. The Morgan fingerprint density at radius 1 is 1.67 bits per heavy atom. The third kappa shape index (κ3) is 3.34. The minimum absolute atomic E-state index is 0.0155. The first kappa shape index (κ1) is 12.2. The molecule has 84 valence electrons. The van der Waals surface area contributed by atoms with E-state index in [4.69, 9.17) is 0 Å². The number of aromatic nitrogens is 2. The van der Waals surface area contributed by atoms with Gasteiger partial charge in [-0.3, -0.25) is 9.48 Å². The lowest BCUT2D eigenvalue weighted by Crippen LogP contribution is -2.12. The Morgan fingerprint density at radius 2 is 2.33 bits per heavy atom. The molecule has 0 aromatic carbocycles. The first-order valence-corrected chi connectivity index (χ1v) is 6.06. The van der Waals surface area contributed by atoms with Gasteiger partial charge in [-0.15, -0.1) is 0 Å². The molecule has 4 nitrogen and oxygen atoms in total. The van der Waals surface area contributed by atoms with E-state index in [2.05, 4.69) is 40.2 Å². The summed E-state index contributed by atoms with van der Waals surface area (Å²) in [7, 11) is 1.85. The van der Waals surface area contributed by atoms with Crippen LogP contribution in [-0.4, -0.2) is 21.0 Å². The average molecular weight is 274 g/mol. The van der Waals surface area contributed by atoms with Crippen molar-refractivity contribution in [3.8, 4) is 0 Å². The summed E-state index contributed by atoms with van der Waals surface area (Å²) in [5, 5.41) is 7.85. The van der Waals surface area contributed by atoms with Crippen LogP contribution in [0.4, 0.5) is 5.69 Å². The zero-order chi connectivity index (χ0) is 11.4. The fourth-order valence-electron chi connectivity index (χ4n) is 1.33. The van der Waals surface area contributed by atoms with E-state index < -0.39 is 0 Å². The number of hydrogen-bond acceptors (Lipinski definition) is 2. The highest BCUT2D eigenvalue weighted by Gasteiger charge is 2.13. The minimum Gasteiger partial charge on any atom is -0.323 e. The zero-order valence-corrected chi connectivity index (χ0v) is 10.8. The molecule has 0 saturated heterocycles. The molecule has 15 heavy (non-hydrogen) atoms. The molecule has 0 fully saturated rings. The fourth-order valence-corrected chi connectivity index (χ4v) is 1.69. The molecule has 1 aromatic rings. The van der Waals surface area contributed by atoms with Crippen LogP contribution in [-0.2, 0) is 11.8 Å². The van der Waals surface area contributed by atoms with Crippen molar-refractivity contribution in [2.24, 2.45) is 7.05 Å². The summed E-state index contributed by atoms with van der Waals surface area (Å²) in [6, 6.07) is 0. The van der Waals surface area contributed by atoms with Crippen LogP contribution in [0.25, 0.3) is 0 Å². The molecular formula is C10H16BrN3O. The van der Waals surface area contributed by atoms with Crippen LogP contribution >= 0.6 is 15.9 Å². The molecule has 0 bridgehead atoms. The van der Waals surface area contributed by atoms with Crippen LogP contribution in [0.2, 0.25) is 0 Å². The van der Waals surface area contributed by atoms with Crippen molar-refractivity contribution in [3.05, 3.63) is 11.9 Å². The predicted octanol–water partition coefficient (Wildman–Crippen LogP) is 2.27. The molecule has 0 aliphatic carbocycles. The Kier molecular flexibility index (Phi) is 4.32. The van der Waals surface area contributed by atoms with Crippen molar-refractivity contribution in [2.45, 2.75) is 26.2 Å². The molecule has 0 spiro atoms. The largest absolute Gasteiger partial charge is 0.323 e. The van der Waals surface area contributed by atoms with Gasteiger partial charge >= 0.3 is 0 Å². The normalized spacial score (nSPS) is 10.7. The van der Waals surface area contributed by atoms with Crippen LogP contribution in [0.15, 0.2) is 6.20 Å². The molecular weight excluding hydrogens is 258 g/mol. The number of alkyl halides is 1. The second-order valence-electron chi connectivity index (χ2n) is 3.74. The van der Waals surface area contributed by atoms with Gasteiger partial charge in [0.1, 0.15) is 0 Å². The SMILES string of the molecule is CC(C)c1nn(C)cc1NC(=O)CCBr. The van der Waals surface area contributed by atoms with Crippen molar-refractivity contribution >= 4 is 27.5 Å². The number of carbonyl (C=O) groups is 1. The fraction of sp³-hybridized carbons (Fsp3) is 0.600. The van der Waals surface area contributed by atoms with Gasteiger partial charge in [-0.05, 0) is 5.92 Å². The van der Waals surface area contributed by atoms with Crippen LogP contribution in [0.5, 0.6) is 0 Å². The van der Waals surface area contributed by atoms with Crippen molar-refractivity contribution in [1.29, 1.82) is 0 Å². The summed E-state index contributed by atoms with van der Waals surface area (Å²) in [6.07, 6.45) is 2.31. The summed E-state index contributed by atoms with van der Waals surface area (Å²) >= 11 is 3.23. The van der Waals surface area contributed by atoms with E-state index in [-0.39, 0.29) is 5.91 Å². The summed E-state index contributed by atoms with van der Waals surface area (Å²) in [5.41, 5.74) is 1.75. The van der Waals surface area contributed by atoms with Crippen molar-refractivity contribution in [1.82, 2.24) is 9.78 Å². The monoisotopic (exact) mass is 273 g/mol. The lowest BCUT2D eigenvalue weighted by Gasteiger charge is -2.06. The van der Waals surface area contributed by atoms with E-state index >= 15 is 0 Å². The summed E-state index contributed by atoms with van der Waals surface area (Å²) in [5.74, 6) is 0.326. The molecule has 0 atom stereocenters. The summed E-state index contributed by atoms with van der Waals surface area (Å²) < 4.78 is 1.72. The van der Waals surface area contributed by atoms with Crippen molar-refractivity contribution in [3.63, 3.8) is 0 Å². The molecule has 0 aliphatic rings. The first-order valence-electron chi connectivity index (χ1n) is 4.94. The quantitative estimate of drug-likeness (QED) is 0.856. The Hall–Kier alpha value is -0.840. The number of aryl methyl sites for hydroxylation is 1. The third-order valence-corrected chi connectivity index (χ3v) is 2.40. The molecule has 1 aromatic heterocycles. The molecule has 1 N–H and O–H groups in total. The van der Waals surface area contributed by atoms with Gasteiger partial charge in [-0.25, -0.2) is 0 Å². The molecule has 0 unspecified atom stereocenters. The van der Waals surface area contributed by atoms with Crippen LogP contribution in [0.1, 0.15) is 31.9 Å². The van der Waals surface area contributed by atoms with Crippen LogP contribution in [0.3, 0.4) is 0 Å². The first-order chi connectivity index (χ1) is 7.04. The molecule has 1 heterocycles. The second-order valence-corrected chi connectivity index (χ2v) is 4.54. The van der Waals surface area contributed by atoms with Crippen molar-refractivity contribution < 1.29 is 4.79 Å². The van der Waals surface area contributed by atoms with Gasteiger partial charge < -0.3 is 5.32 Å². The number of rotatable bonds is 4. The van der Waals surface area contributed by atoms with Gasteiger partial charge in [-0.1, -0.05) is 29.8 Å². The van der Waals surface area contributed by atoms with Crippen molar-refractivity contribution in [2.75, 3.05) is 10.6 Å². The maximum atomic E-state index is 11.4. The van der Waals surface area contributed by atoms with Crippen LogP contribution < -0.4 is 5.32 Å². The number of carbonyl (C=O) groups excluding carboxylic acids is 1. The average Bonchev–Trinajstić information content (AvgIpc) is 2.47. The van der Waals surface area contributed by atoms with Gasteiger partial charge in [-0.2, -0.15) is 5.10 Å². The predicted molar refractivity (Wildman–Crippen MR) is 64.3 cm³/mol. The number of hydrogen-bond donors (Lipinski definition) is 1. The van der Waals surface area contributed by atoms with Gasteiger partial charge in [0.2, 0.25) is 5.91 Å². The van der Waals surface area contributed by atoms with Gasteiger partial charge in [0, 0.05) is 25.0 Å². The Labute approximate surface area is 98.2 Å². The topological polar surface area (TPSA) is 46.9 Å². The maximum Gasteiger partial charge on any atom is 0.225 e. The van der Waals surface area contributed by atoms with E-state index in [0.29, 0.717) is 17.7 Å². The number of nitrogens with one attached hydrogen (secondary N) is 1. The highest BCUT2D eigenvalue weighted by Crippen LogP contribution is 2.22. The molecule has 0 saturated carbocycles. The maximum absolute atomic E-state index is 11.4. The number of halogens is 1. The molecule has 1 rings (SSSR count). The smallest absolute Gasteiger partial charge is 0.225 e.